The predicted octanol–water partition coefficient (Wildman–Crippen LogP) is 7.69. The molecule has 4 N–H and O–H groups in total. The summed E-state index contributed by atoms with van der Waals surface area (Å²) in [7, 11) is 0. The largest absolute Gasteiger partial charge is 0.512 e. The first-order valence-electron chi connectivity index (χ1n) is 14.1. The molecular weight excluding hydrogens is 556 g/mol. The SMILES string of the molecule is O/C=C(/O)COc1ccc(N(c2ccc(OCC(O)CO)cc2)c2cccc(N(c3ccccc3)c3ccccc3)c2)cc1. The fraction of sp³-hybridized carbons (Fsp3) is 0.111. The van der Waals surface area contributed by atoms with Crippen LogP contribution in [0.15, 0.2) is 145 Å². The van der Waals surface area contributed by atoms with Crippen molar-refractivity contribution in [1.29, 1.82) is 0 Å². The molecule has 0 heterocycles. The van der Waals surface area contributed by atoms with Gasteiger partial charge >= 0.3 is 0 Å². The van der Waals surface area contributed by atoms with Crippen LogP contribution >= 0.6 is 0 Å². The minimum absolute atomic E-state index is 0.0150. The van der Waals surface area contributed by atoms with Crippen LogP contribution < -0.4 is 19.3 Å². The highest BCUT2D eigenvalue weighted by Gasteiger charge is 2.17. The van der Waals surface area contributed by atoms with Gasteiger partial charge in [-0.2, -0.15) is 0 Å². The average Bonchev–Trinajstić information content (AvgIpc) is 3.08. The van der Waals surface area contributed by atoms with Gasteiger partial charge in [-0.3, -0.25) is 0 Å². The lowest BCUT2D eigenvalue weighted by molar-refractivity contribution is 0.0536. The van der Waals surface area contributed by atoms with E-state index in [0.717, 1.165) is 34.1 Å². The van der Waals surface area contributed by atoms with Gasteiger partial charge in [0.15, 0.2) is 5.76 Å². The summed E-state index contributed by atoms with van der Waals surface area (Å²) in [5, 5.41) is 37.3. The Morgan fingerprint density at radius 3 is 1.48 bits per heavy atom. The van der Waals surface area contributed by atoms with Gasteiger partial charge in [0, 0.05) is 34.1 Å². The summed E-state index contributed by atoms with van der Waals surface area (Å²) in [6.07, 6.45) is -0.351. The van der Waals surface area contributed by atoms with Crippen LogP contribution in [0.1, 0.15) is 0 Å². The van der Waals surface area contributed by atoms with Gasteiger partial charge in [0.2, 0.25) is 0 Å². The molecule has 224 valence electrons. The average molecular weight is 591 g/mol. The highest BCUT2D eigenvalue weighted by atomic mass is 16.5. The smallest absolute Gasteiger partial charge is 0.164 e. The molecule has 0 saturated heterocycles. The van der Waals surface area contributed by atoms with E-state index in [4.69, 9.17) is 19.7 Å². The summed E-state index contributed by atoms with van der Waals surface area (Å²) < 4.78 is 11.2. The second kappa shape index (κ2) is 14.6. The molecule has 8 nitrogen and oxygen atoms in total. The van der Waals surface area contributed by atoms with Crippen LogP contribution in [0.3, 0.4) is 0 Å². The Morgan fingerprint density at radius 1 is 0.591 bits per heavy atom. The van der Waals surface area contributed by atoms with Crippen molar-refractivity contribution in [2.75, 3.05) is 29.6 Å². The molecule has 1 atom stereocenters. The van der Waals surface area contributed by atoms with Gasteiger partial charge in [-0.15, -0.1) is 0 Å². The molecule has 8 heteroatoms. The van der Waals surface area contributed by atoms with Gasteiger partial charge in [0.25, 0.3) is 0 Å². The van der Waals surface area contributed by atoms with Crippen molar-refractivity contribution in [2.24, 2.45) is 0 Å². The Kier molecular flexibility index (Phi) is 9.99. The number of ether oxygens (including phenoxy) is 2. The van der Waals surface area contributed by atoms with Crippen molar-refractivity contribution < 1.29 is 29.9 Å². The minimum atomic E-state index is -0.957. The van der Waals surface area contributed by atoms with Crippen LogP contribution in [0.2, 0.25) is 0 Å². The zero-order valence-electron chi connectivity index (χ0n) is 24.0. The van der Waals surface area contributed by atoms with Crippen molar-refractivity contribution in [2.45, 2.75) is 6.10 Å². The standard InChI is InChI=1S/C36H34N2O6/c39-23-33(41)25-43-35-18-14-29(15-19-35)38(30-16-20-36(21-17-30)44-26-34(42)24-40)32-13-7-12-31(22-32)37(27-8-3-1-4-9-27)28-10-5-2-6-11-28/h1-23,34,39-42H,24-26H2/b33-23+. The molecule has 0 radical (unpaired) electrons. The summed E-state index contributed by atoms with van der Waals surface area (Å²) in [6.45, 7) is -0.539. The van der Waals surface area contributed by atoms with E-state index in [-0.39, 0.29) is 25.6 Å². The van der Waals surface area contributed by atoms with Crippen LogP contribution in [-0.2, 0) is 0 Å². The molecule has 44 heavy (non-hydrogen) atoms. The van der Waals surface area contributed by atoms with E-state index in [1.54, 1.807) is 12.1 Å². The topological polar surface area (TPSA) is 106 Å². The Hall–Kier alpha value is -5.44. The number of rotatable bonds is 13. The van der Waals surface area contributed by atoms with Crippen LogP contribution in [-0.4, -0.2) is 46.4 Å². The minimum Gasteiger partial charge on any atom is -0.512 e. The molecule has 0 aliphatic carbocycles. The number of benzene rings is 5. The highest BCUT2D eigenvalue weighted by Crippen LogP contribution is 2.40. The zero-order chi connectivity index (χ0) is 30.7. The predicted molar refractivity (Wildman–Crippen MR) is 173 cm³/mol. The van der Waals surface area contributed by atoms with Gasteiger partial charge in [-0.05, 0) is 91.0 Å². The first-order valence-corrected chi connectivity index (χ1v) is 14.1. The summed E-state index contributed by atoms with van der Waals surface area (Å²) in [5.74, 6) is 0.818. The van der Waals surface area contributed by atoms with Crippen LogP contribution in [0.4, 0.5) is 34.1 Å². The maximum atomic E-state index is 9.67. The fourth-order valence-corrected chi connectivity index (χ4v) is 4.64. The molecule has 1 unspecified atom stereocenters. The number of anilines is 6. The summed E-state index contributed by atoms with van der Waals surface area (Å²) in [6, 6.07) is 43.5. The van der Waals surface area contributed by atoms with Crippen molar-refractivity contribution in [3.05, 3.63) is 145 Å². The molecule has 0 fully saturated rings. The monoisotopic (exact) mass is 590 g/mol. The zero-order valence-corrected chi connectivity index (χ0v) is 24.0. The highest BCUT2D eigenvalue weighted by molar-refractivity contribution is 5.83. The first kappa shape index (κ1) is 30.0. The van der Waals surface area contributed by atoms with E-state index < -0.39 is 6.10 Å². The Balaban J connectivity index is 1.54. The third-order valence-electron chi connectivity index (χ3n) is 6.75. The number of hydrogen-bond acceptors (Lipinski definition) is 8. The van der Waals surface area contributed by atoms with Gasteiger partial charge in [0.05, 0.1) is 6.61 Å². The van der Waals surface area contributed by atoms with Crippen molar-refractivity contribution >= 4 is 34.1 Å². The number of hydrogen-bond donors (Lipinski definition) is 4. The number of nitrogens with zero attached hydrogens (tertiary/aromatic N) is 2. The van der Waals surface area contributed by atoms with Crippen LogP contribution in [0.25, 0.3) is 0 Å². The molecule has 0 aromatic heterocycles. The molecule has 0 spiro atoms. The lowest BCUT2D eigenvalue weighted by Gasteiger charge is -2.29. The molecule has 5 aromatic carbocycles. The van der Waals surface area contributed by atoms with E-state index in [2.05, 4.69) is 46.2 Å². The normalized spacial score (nSPS) is 11.9. The van der Waals surface area contributed by atoms with Crippen LogP contribution in [0, 0.1) is 0 Å². The second-order valence-electron chi connectivity index (χ2n) is 9.91. The summed E-state index contributed by atoms with van der Waals surface area (Å²) >= 11 is 0. The quantitative estimate of drug-likeness (QED) is 0.103. The third-order valence-corrected chi connectivity index (χ3v) is 6.75. The van der Waals surface area contributed by atoms with Crippen molar-refractivity contribution in [3.8, 4) is 11.5 Å². The number of aliphatic hydroxyl groups excluding tert-OH is 4. The van der Waals surface area contributed by atoms with E-state index in [9.17, 15) is 10.2 Å². The molecule has 0 saturated carbocycles. The Bertz CT molecular complexity index is 1590. The Morgan fingerprint density at radius 2 is 1.02 bits per heavy atom. The second-order valence-corrected chi connectivity index (χ2v) is 9.91. The van der Waals surface area contributed by atoms with Crippen molar-refractivity contribution in [3.63, 3.8) is 0 Å². The lowest BCUT2D eigenvalue weighted by atomic mass is 10.1. The van der Waals surface area contributed by atoms with E-state index in [1.165, 1.54) is 0 Å². The third kappa shape index (κ3) is 7.49. The first-order chi connectivity index (χ1) is 21.6. The van der Waals surface area contributed by atoms with Crippen molar-refractivity contribution in [1.82, 2.24) is 0 Å². The van der Waals surface area contributed by atoms with Gasteiger partial charge in [0.1, 0.15) is 37.1 Å². The van der Waals surface area contributed by atoms with Gasteiger partial charge in [-0.25, -0.2) is 0 Å². The van der Waals surface area contributed by atoms with E-state index in [0.29, 0.717) is 17.8 Å². The summed E-state index contributed by atoms with van der Waals surface area (Å²) in [4.78, 5) is 4.29. The lowest BCUT2D eigenvalue weighted by Crippen LogP contribution is -2.21. The van der Waals surface area contributed by atoms with E-state index in [1.807, 2.05) is 84.9 Å². The fourth-order valence-electron chi connectivity index (χ4n) is 4.64. The maximum absolute atomic E-state index is 9.67. The number of para-hydroxylation sites is 2. The molecule has 0 aliphatic heterocycles. The molecule has 5 rings (SSSR count). The maximum Gasteiger partial charge on any atom is 0.164 e. The van der Waals surface area contributed by atoms with Gasteiger partial charge < -0.3 is 39.7 Å². The molecular formula is C36H34N2O6. The van der Waals surface area contributed by atoms with Gasteiger partial charge in [-0.1, -0.05) is 42.5 Å². The molecule has 0 amide bonds. The Labute approximate surface area is 256 Å². The molecule has 0 bridgehead atoms. The van der Waals surface area contributed by atoms with E-state index >= 15 is 0 Å². The summed E-state index contributed by atoms with van der Waals surface area (Å²) in [5.41, 5.74) is 5.63. The molecule has 0 aliphatic rings. The molecule has 5 aromatic rings. The van der Waals surface area contributed by atoms with Crippen LogP contribution in [0.5, 0.6) is 11.5 Å². The number of aliphatic hydroxyl groups is 4.